The number of nitrogens with zero attached hydrogens (tertiary/aromatic N) is 2. The SMILES string of the molecule is CC(C)c1ccc2ccc3c4ccnc5c4c(cc3c2c1)[Si](C)(C)c1cc2ccccc2[c-]c1-5.[Ir].[c-]1ccccc1-c1ccccn1. The fourth-order valence-electron chi connectivity index (χ4n) is 7.03. The molecule has 0 aliphatic carbocycles. The Kier molecular flexibility index (Phi) is 8.14. The Morgan fingerprint density at radius 3 is 2.23 bits per heavy atom. The van der Waals surface area contributed by atoms with E-state index in [0.29, 0.717) is 5.92 Å². The van der Waals surface area contributed by atoms with E-state index in [9.17, 15) is 0 Å². The van der Waals surface area contributed by atoms with E-state index in [0.717, 1.165) is 17.0 Å². The van der Waals surface area contributed by atoms with Crippen molar-refractivity contribution in [1.29, 1.82) is 0 Å². The minimum absolute atomic E-state index is 0. The zero-order valence-electron chi connectivity index (χ0n) is 26.9. The van der Waals surface area contributed by atoms with Crippen molar-refractivity contribution in [3.8, 4) is 22.5 Å². The summed E-state index contributed by atoms with van der Waals surface area (Å²) in [7, 11) is -1.99. The number of aromatic nitrogens is 2. The Morgan fingerprint density at radius 1 is 0.638 bits per heavy atom. The van der Waals surface area contributed by atoms with Crippen LogP contribution in [0.5, 0.6) is 0 Å². The van der Waals surface area contributed by atoms with Crippen LogP contribution in [0.4, 0.5) is 0 Å². The predicted molar refractivity (Wildman–Crippen MR) is 198 cm³/mol. The normalized spacial score (nSPS) is 12.9. The molecule has 0 unspecified atom stereocenters. The summed E-state index contributed by atoms with van der Waals surface area (Å²) >= 11 is 0. The van der Waals surface area contributed by atoms with Crippen molar-refractivity contribution in [2.45, 2.75) is 32.9 Å². The molecule has 231 valence electrons. The van der Waals surface area contributed by atoms with Gasteiger partial charge in [0.1, 0.15) is 0 Å². The minimum atomic E-state index is -1.99. The van der Waals surface area contributed by atoms with Crippen molar-refractivity contribution in [3.05, 3.63) is 145 Å². The number of benzene rings is 6. The van der Waals surface area contributed by atoms with Gasteiger partial charge in [-0.25, -0.2) is 0 Å². The average Bonchev–Trinajstić information content (AvgIpc) is 3.10. The van der Waals surface area contributed by atoms with Crippen LogP contribution in [0.1, 0.15) is 25.3 Å². The van der Waals surface area contributed by atoms with E-state index < -0.39 is 8.07 Å². The van der Waals surface area contributed by atoms with Crippen molar-refractivity contribution in [1.82, 2.24) is 9.97 Å². The quantitative estimate of drug-likeness (QED) is 0.0990. The van der Waals surface area contributed by atoms with Gasteiger partial charge in [-0.3, -0.25) is 4.98 Å². The summed E-state index contributed by atoms with van der Waals surface area (Å²) in [5.41, 5.74) is 5.71. The monoisotopic (exact) mass is 799 g/mol. The second-order valence-electron chi connectivity index (χ2n) is 13.1. The maximum Gasteiger partial charge on any atom is 0.0743 e. The average molecular weight is 799 g/mol. The van der Waals surface area contributed by atoms with Crippen molar-refractivity contribution < 1.29 is 20.1 Å². The third-order valence-electron chi connectivity index (χ3n) is 9.58. The van der Waals surface area contributed by atoms with E-state index in [1.807, 2.05) is 48.7 Å². The first kappa shape index (κ1) is 31.1. The fraction of sp³-hybridized carbons (Fsp3) is 0.116. The van der Waals surface area contributed by atoms with Crippen LogP contribution in [0.15, 0.2) is 128 Å². The van der Waals surface area contributed by atoms with Gasteiger partial charge in [-0.05, 0) is 61.6 Å². The van der Waals surface area contributed by atoms with Crippen LogP contribution in [-0.4, -0.2) is 18.0 Å². The van der Waals surface area contributed by atoms with Gasteiger partial charge in [0.05, 0.1) is 8.07 Å². The molecule has 9 rings (SSSR count). The van der Waals surface area contributed by atoms with Gasteiger partial charge in [0.25, 0.3) is 0 Å². The van der Waals surface area contributed by atoms with Crippen LogP contribution in [-0.2, 0) is 20.1 Å². The first-order valence-electron chi connectivity index (χ1n) is 16.0. The Morgan fingerprint density at radius 2 is 1.45 bits per heavy atom. The van der Waals surface area contributed by atoms with Gasteiger partial charge < -0.3 is 4.98 Å². The molecule has 3 heterocycles. The van der Waals surface area contributed by atoms with Gasteiger partial charge in [0.2, 0.25) is 0 Å². The Bertz CT molecular complexity index is 2380. The molecule has 6 aromatic carbocycles. The smallest absolute Gasteiger partial charge is 0.0743 e. The summed E-state index contributed by atoms with van der Waals surface area (Å²) in [4.78, 5) is 9.17. The molecule has 1 aliphatic heterocycles. The predicted octanol–water partition coefficient (Wildman–Crippen LogP) is 9.97. The third kappa shape index (κ3) is 5.31. The first-order chi connectivity index (χ1) is 22.4. The van der Waals surface area contributed by atoms with Gasteiger partial charge in [0.15, 0.2) is 0 Å². The Balaban J connectivity index is 0.000000228. The molecule has 0 spiro atoms. The van der Waals surface area contributed by atoms with E-state index >= 15 is 0 Å². The molecule has 1 radical (unpaired) electrons. The van der Waals surface area contributed by atoms with E-state index in [1.54, 1.807) is 6.20 Å². The van der Waals surface area contributed by atoms with Gasteiger partial charge in [-0.1, -0.05) is 110 Å². The number of fused-ring (bicyclic) bond motifs is 7. The van der Waals surface area contributed by atoms with Gasteiger partial charge in [-0.2, -0.15) is 0 Å². The summed E-state index contributed by atoms with van der Waals surface area (Å²) in [5, 5.41) is 13.4. The molecular weight excluding hydrogens is 765 g/mol. The summed E-state index contributed by atoms with van der Waals surface area (Å²) in [5.74, 6) is 0.510. The largest absolute Gasteiger partial charge is 0.305 e. The molecule has 0 N–H and O–H groups in total. The molecule has 2 nitrogen and oxygen atoms in total. The van der Waals surface area contributed by atoms with Crippen molar-refractivity contribution in [2.24, 2.45) is 0 Å². The summed E-state index contributed by atoms with van der Waals surface area (Å²) in [6.45, 7) is 9.54. The first-order valence-corrected chi connectivity index (χ1v) is 19.0. The molecule has 0 atom stereocenters. The molecule has 47 heavy (non-hydrogen) atoms. The topological polar surface area (TPSA) is 25.8 Å². The van der Waals surface area contributed by atoms with E-state index in [1.165, 1.54) is 64.6 Å². The van der Waals surface area contributed by atoms with Crippen LogP contribution >= 0.6 is 0 Å². The van der Waals surface area contributed by atoms with Crippen LogP contribution in [0.2, 0.25) is 13.1 Å². The van der Waals surface area contributed by atoms with Gasteiger partial charge in [-0.15, -0.1) is 64.7 Å². The Labute approximate surface area is 290 Å². The van der Waals surface area contributed by atoms with Gasteiger partial charge >= 0.3 is 0 Å². The van der Waals surface area contributed by atoms with Crippen LogP contribution in [0.3, 0.4) is 0 Å². The molecule has 0 saturated heterocycles. The minimum Gasteiger partial charge on any atom is -0.305 e. The molecular formula is C43H34IrN2Si-2. The molecule has 1 aliphatic rings. The van der Waals surface area contributed by atoms with Crippen molar-refractivity contribution in [3.63, 3.8) is 0 Å². The number of hydrogen-bond acceptors (Lipinski definition) is 2. The summed E-state index contributed by atoms with van der Waals surface area (Å²) < 4.78 is 0. The van der Waals surface area contributed by atoms with E-state index in [2.05, 4.69) is 117 Å². The zero-order valence-corrected chi connectivity index (χ0v) is 30.3. The molecule has 0 amide bonds. The van der Waals surface area contributed by atoms with Crippen LogP contribution < -0.4 is 10.4 Å². The third-order valence-corrected chi connectivity index (χ3v) is 13.1. The second-order valence-corrected chi connectivity index (χ2v) is 17.4. The van der Waals surface area contributed by atoms with E-state index in [4.69, 9.17) is 4.98 Å². The fourth-order valence-corrected chi connectivity index (χ4v) is 10.0. The number of rotatable bonds is 2. The standard InChI is InChI=1S/C32H26NSi.C11H8N.Ir/c1-19(2)21-10-9-20-11-12-24-25-13-14-33-32-28-16-22-7-5-6-8-23(22)17-29(28)34(3,4)30(31(25)32)18-27(24)26(20)15-21;1-2-6-10(7-3-1)11-8-4-5-9-12-11;/h5-15,17-19H,1-4H3;1-6,8-9H;/q2*-1;. The summed E-state index contributed by atoms with van der Waals surface area (Å²) in [6, 6.07) is 47.9. The Hall–Kier alpha value is -4.47. The number of pyridine rings is 2. The molecule has 0 saturated carbocycles. The van der Waals surface area contributed by atoms with Crippen molar-refractivity contribution >= 4 is 61.5 Å². The maximum atomic E-state index is 4.95. The second kappa shape index (κ2) is 12.3. The molecule has 2 aromatic heterocycles. The molecule has 4 heteroatoms. The molecule has 0 bridgehead atoms. The zero-order chi connectivity index (χ0) is 31.4. The van der Waals surface area contributed by atoms with Crippen LogP contribution in [0, 0.1) is 12.1 Å². The molecule has 0 fully saturated rings. The van der Waals surface area contributed by atoms with E-state index in [-0.39, 0.29) is 20.1 Å². The van der Waals surface area contributed by atoms with Crippen LogP contribution in [0.25, 0.3) is 65.6 Å². The van der Waals surface area contributed by atoms with Crippen molar-refractivity contribution in [2.75, 3.05) is 0 Å². The number of hydrogen-bond donors (Lipinski definition) is 0. The molecule has 8 aromatic rings. The summed E-state index contributed by atoms with van der Waals surface area (Å²) in [6.07, 6.45) is 3.78. The maximum absolute atomic E-state index is 4.95. The van der Waals surface area contributed by atoms with Gasteiger partial charge in [0, 0.05) is 38.2 Å².